The van der Waals surface area contributed by atoms with Gasteiger partial charge in [-0.1, -0.05) is 12.1 Å². The summed E-state index contributed by atoms with van der Waals surface area (Å²) in [6.07, 6.45) is 0. The molecule has 4 fully saturated rings. The maximum absolute atomic E-state index is 5.51. The molecule has 6 heteroatoms. The molecule has 0 spiro atoms. The molecule has 1 N–H and O–H groups in total. The van der Waals surface area contributed by atoms with Gasteiger partial charge in [-0.25, -0.2) is 0 Å². The topological polar surface area (TPSA) is 57.4 Å². The molecule has 4 aliphatic rings. The minimum Gasteiger partial charge on any atom is -0.339 e. The predicted molar refractivity (Wildman–Crippen MR) is 69.8 cm³/mol. The van der Waals surface area contributed by atoms with Crippen molar-refractivity contribution in [2.75, 3.05) is 45.8 Å². The van der Waals surface area contributed by atoms with Crippen molar-refractivity contribution in [2.45, 2.75) is 18.9 Å². The maximum atomic E-state index is 5.51. The number of nitrogens with zero attached hydrogens (tertiary/aromatic N) is 4. The van der Waals surface area contributed by atoms with Crippen LogP contribution in [0.2, 0.25) is 0 Å². The Morgan fingerprint density at radius 3 is 2.63 bits per heavy atom. The molecular weight excluding hydrogens is 242 g/mol. The number of piperazine rings is 3. The molecule has 0 aromatic carbocycles. The lowest BCUT2D eigenvalue weighted by atomic mass is 9.89. The molecule has 0 saturated carbocycles. The smallest absolute Gasteiger partial charge is 0.229 e. The van der Waals surface area contributed by atoms with Gasteiger partial charge in [0.05, 0.1) is 6.04 Å². The quantitative estimate of drug-likeness (QED) is 0.832. The summed E-state index contributed by atoms with van der Waals surface area (Å²) in [5.74, 6) is 2.73. The summed E-state index contributed by atoms with van der Waals surface area (Å²) in [6, 6.07) is 0.340. The van der Waals surface area contributed by atoms with E-state index in [1.165, 1.54) is 13.1 Å². The second-order valence-corrected chi connectivity index (χ2v) is 6.05. The second-order valence-electron chi connectivity index (χ2n) is 6.05. The van der Waals surface area contributed by atoms with Gasteiger partial charge in [0, 0.05) is 38.6 Å². The van der Waals surface area contributed by atoms with Crippen LogP contribution in [0.1, 0.15) is 30.6 Å². The van der Waals surface area contributed by atoms with Crippen LogP contribution in [0.4, 0.5) is 0 Å². The molecule has 0 aliphatic carbocycles. The number of rotatable bonds is 3. The van der Waals surface area contributed by atoms with Gasteiger partial charge >= 0.3 is 0 Å². The highest BCUT2D eigenvalue weighted by atomic mass is 16.5. The molecule has 19 heavy (non-hydrogen) atoms. The fourth-order valence-electron chi connectivity index (χ4n) is 3.30. The zero-order chi connectivity index (χ0) is 12.8. The Labute approximate surface area is 113 Å². The highest BCUT2D eigenvalue weighted by molar-refractivity contribution is 5.04. The van der Waals surface area contributed by atoms with Crippen LogP contribution >= 0.6 is 0 Å². The van der Waals surface area contributed by atoms with Crippen molar-refractivity contribution < 1.29 is 4.52 Å². The SMILES string of the molecule is CC(c1nc(C2CN3CCN2CC3)no1)C1CNC1. The van der Waals surface area contributed by atoms with E-state index in [4.69, 9.17) is 4.52 Å². The van der Waals surface area contributed by atoms with Gasteiger partial charge in [0.1, 0.15) is 0 Å². The Bertz CT molecular complexity index is 450. The van der Waals surface area contributed by atoms with E-state index >= 15 is 0 Å². The lowest BCUT2D eigenvalue weighted by Gasteiger charge is -2.46. The zero-order valence-electron chi connectivity index (χ0n) is 11.4. The van der Waals surface area contributed by atoms with E-state index in [9.17, 15) is 0 Å². The van der Waals surface area contributed by atoms with Crippen LogP contribution in [-0.4, -0.2) is 65.8 Å². The number of hydrogen-bond acceptors (Lipinski definition) is 6. The molecule has 0 radical (unpaired) electrons. The molecule has 2 unspecified atom stereocenters. The largest absolute Gasteiger partial charge is 0.339 e. The summed E-state index contributed by atoms with van der Waals surface area (Å²) >= 11 is 0. The highest BCUT2D eigenvalue weighted by Crippen LogP contribution is 2.30. The lowest BCUT2D eigenvalue weighted by molar-refractivity contribution is 0.00781. The van der Waals surface area contributed by atoms with Crippen molar-refractivity contribution in [1.82, 2.24) is 25.3 Å². The van der Waals surface area contributed by atoms with E-state index in [2.05, 4.69) is 32.2 Å². The minimum atomic E-state index is 0.340. The number of nitrogens with one attached hydrogen (secondary N) is 1. The first-order valence-electron chi connectivity index (χ1n) is 7.32. The molecule has 104 valence electrons. The molecule has 1 aromatic rings. The lowest BCUT2D eigenvalue weighted by Crippen LogP contribution is -2.57. The van der Waals surface area contributed by atoms with Gasteiger partial charge in [0.2, 0.25) is 5.89 Å². The van der Waals surface area contributed by atoms with Crippen LogP contribution in [0.25, 0.3) is 0 Å². The summed E-state index contributed by atoms with van der Waals surface area (Å²) in [7, 11) is 0. The van der Waals surface area contributed by atoms with E-state index in [0.717, 1.165) is 44.4 Å². The molecule has 0 amide bonds. The van der Waals surface area contributed by atoms with Gasteiger partial charge in [-0.05, 0) is 19.0 Å². The summed E-state index contributed by atoms with van der Waals surface area (Å²) in [5.41, 5.74) is 0. The van der Waals surface area contributed by atoms with E-state index in [0.29, 0.717) is 17.9 Å². The normalized spacial score (nSPS) is 36.2. The molecule has 5 heterocycles. The van der Waals surface area contributed by atoms with Crippen LogP contribution in [0.15, 0.2) is 4.52 Å². The second kappa shape index (κ2) is 4.54. The molecule has 6 nitrogen and oxygen atoms in total. The number of fused-ring (bicyclic) bond motifs is 3. The van der Waals surface area contributed by atoms with Gasteiger partial charge in [-0.15, -0.1) is 0 Å². The zero-order valence-corrected chi connectivity index (χ0v) is 11.4. The first-order valence-corrected chi connectivity index (χ1v) is 7.32. The molecule has 2 bridgehead atoms. The van der Waals surface area contributed by atoms with Crippen molar-refractivity contribution >= 4 is 0 Å². The minimum absolute atomic E-state index is 0.340. The van der Waals surface area contributed by atoms with Gasteiger partial charge < -0.3 is 9.84 Å². The molecule has 5 rings (SSSR count). The Balaban J connectivity index is 1.51. The summed E-state index contributed by atoms with van der Waals surface area (Å²) < 4.78 is 5.51. The van der Waals surface area contributed by atoms with Gasteiger partial charge in [0.25, 0.3) is 0 Å². The van der Waals surface area contributed by atoms with E-state index in [1.54, 1.807) is 0 Å². The first kappa shape index (κ1) is 11.8. The van der Waals surface area contributed by atoms with Crippen LogP contribution in [0.5, 0.6) is 0 Å². The Morgan fingerprint density at radius 1 is 1.26 bits per heavy atom. The van der Waals surface area contributed by atoms with Gasteiger partial charge in [-0.2, -0.15) is 4.98 Å². The third-order valence-corrected chi connectivity index (χ3v) is 4.94. The van der Waals surface area contributed by atoms with E-state index in [-0.39, 0.29) is 0 Å². The first-order chi connectivity index (χ1) is 9.31. The van der Waals surface area contributed by atoms with E-state index in [1.807, 2.05) is 0 Å². The van der Waals surface area contributed by atoms with Gasteiger partial charge in [-0.3, -0.25) is 9.80 Å². The summed E-state index contributed by atoms with van der Waals surface area (Å²) in [6.45, 7) is 10.0. The third-order valence-electron chi connectivity index (χ3n) is 4.94. The van der Waals surface area contributed by atoms with E-state index < -0.39 is 0 Å². The molecule has 2 atom stereocenters. The van der Waals surface area contributed by atoms with Crippen LogP contribution in [-0.2, 0) is 0 Å². The average Bonchev–Trinajstić information content (AvgIpc) is 2.87. The third kappa shape index (κ3) is 1.98. The highest BCUT2D eigenvalue weighted by Gasteiger charge is 2.36. The van der Waals surface area contributed by atoms with Crippen LogP contribution < -0.4 is 5.32 Å². The predicted octanol–water partition coefficient (Wildman–Crippen LogP) is 0.0648. The van der Waals surface area contributed by atoms with Crippen LogP contribution in [0, 0.1) is 5.92 Å². The van der Waals surface area contributed by atoms with Crippen molar-refractivity contribution in [2.24, 2.45) is 5.92 Å². The number of aromatic nitrogens is 2. The fraction of sp³-hybridized carbons (Fsp3) is 0.846. The Hall–Kier alpha value is -0.980. The van der Waals surface area contributed by atoms with Crippen LogP contribution in [0.3, 0.4) is 0 Å². The maximum Gasteiger partial charge on any atom is 0.229 e. The van der Waals surface area contributed by atoms with Crippen molar-refractivity contribution in [3.63, 3.8) is 0 Å². The summed E-state index contributed by atoms with van der Waals surface area (Å²) in [5, 5.41) is 7.54. The molecule has 4 aliphatic heterocycles. The summed E-state index contributed by atoms with van der Waals surface area (Å²) in [4.78, 5) is 9.67. The van der Waals surface area contributed by atoms with Gasteiger partial charge in [0.15, 0.2) is 5.82 Å². The Morgan fingerprint density at radius 2 is 2.05 bits per heavy atom. The standard InChI is InChI=1S/C13H21N5O/c1-9(10-6-14-7-10)13-15-12(16-19-13)11-8-17-2-4-18(11)5-3-17/h9-11,14H,2-8H2,1H3. The molecular formula is C13H21N5O. The molecule has 1 aromatic heterocycles. The van der Waals surface area contributed by atoms with Crippen molar-refractivity contribution in [1.29, 1.82) is 0 Å². The Kier molecular flexibility index (Phi) is 2.82. The fourth-order valence-corrected chi connectivity index (χ4v) is 3.30. The molecule has 4 saturated heterocycles. The van der Waals surface area contributed by atoms with Crippen molar-refractivity contribution in [3.8, 4) is 0 Å². The van der Waals surface area contributed by atoms with Crippen molar-refractivity contribution in [3.05, 3.63) is 11.7 Å². The average molecular weight is 263 g/mol. The monoisotopic (exact) mass is 263 g/mol. The number of hydrogen-bond donors (Lipinski definition) is 1.